The highest BCUT2D eigenvalue weighted by molar-refractivity contribution is 7.89. The molecular formula is C17H25N3O4S. The van der Waals surface area contributed by atoms with Crippen LogP contribution in [0.5, 0.6) is 0 Å². The number of sulfonamides is 1. The first-order valence-electron chi connectivity index (χ1n) is 8.52. The van der Waals surface area contributed by atoms with E-state index >= 15 is 0 Å². The van der Waals surface area contributed by atoms with Gasteiger partial charge in [-0.2, -0.15) is 0 Å². The van der Waals surface area contributed by atoms with E-state index in [1.54, 1.807) is 17.0 Å². The Kier molecular flexibility index (Phi) is 6.95. The van der Waals surface area contributed by atoms with E-state index in [2.05, 4.69) is 5.32 Å². The number of nitrogens with two attached hydrogens (primary N) is 1. The summed E-state index contributed by atoms with van der Waals surface area (Å²) in [6, 6.07) is 6.28. The highest BCUT2D eigenvalue weighted by Gasteiger charge is 2.17. The summed E-state index contributed by atoms with van der Waals surface area (Å²) in [6.07, 6.45) is 4.48. The van der Waals surface area contributed by atoms with Crippen LogP contribution in [0.4, 0.5) is 0 Å². The largest absolute Gasteiger partial charge is 0.356 e. The number of rotatable bonds is 7. The molecule has 1 heterocycles. The molecule has 3 N–H and O–H groups in total. The SMILES string of the molecule is NS(=O)(=O)c1ccc(CCNC(=O)CCN2CCCCCC2=O)cc1. The van der Waals surface area contributed by atoms with E-state index in [1.807, 2.05) is 0 Å². The van der Waals surface area contributed by atoms with Gasteiger partial charge in [0.2, 0.25) is 21.8 Å². The average molecular weight is 367 g/mol. The second kappa shape index (κ2) is 8.96. The van der Waals surface area contributed by atoms with E-state index in [-0.39, 0.29) is 16.7 Å². The number of hydrogen-bond donors (Lipinski definition) is 2. The number of likely N-dealkylation sites (tertiary alicyclic amines) is 1. The van der Waals surface area contributed by atoms with Crippen molar-refractivity contribution in [3.8, 4) is 0 Å². The van der Waals surface area contributed by atoms with Crippen molar-refractivity contribution in [1.82, 2.24) is 10.2 Å². The van der Waals surface area contributed by atoms with Crippen molar-refractivity contribution in [2.24, 2.45) is 5.14 Å². The summed E-state index contributed by atoms with van der Waals surface area (Å²) < 4.78 is 22.4. The molecule has 1 saturated heterocycles. The minimum Gasteiger partial charge on any atom is -0.356 e. The summed E-state index contributed by atoms with van der Waals surface area (Å²) in [5.41, 5.74) is 0.912. The van der Waals surface area contributed by atoms with Crippen molar-refractivity contribution in [1.29, 1.82) is 0 Å². The van der Waals surface area contributed by atoms with Gasteiger partial charge >= 0.3 is 0 Å². The summed E-state index contributed by atoms with van der Waals surface area (Å²) in [4.78, 5) is 25.6. The Morgan fingerprint density at radius 1 is 1.16 bits per heavy atom. The van der Waals surface area contributed by atoms with Gasteiger partial charge in [0, 0.05) is 32.5 Å². The van der Waals surface area contributed by atoms with Crippen LogP contribution >= 0.6 is 0 Å². The maximum absolute atomic E-state index is 11.9. The van der Waals surface area contributed by atoms with Crippen molar-refractivity contribution in [3.05, 3.63) is 29.8 Å². The summed E-state index contributed by atoms with van der Waals surface area (Å²) in [5.74, 6) is 0.0541. The molecule has 7 nitrogen and oxygen atoms in total. The fraction of sp³-hybridized carbons (Fsp3) is 0.529. The fourth-order valence-corrected chi connectivity index (χ4v) is 3.31. The highest BCUT2D eigenvalue weighted by atomic mass is 32.2. The number of nitrogens with zero attached hydrogens (tertiary/aromatic N) is 1. The number of nitrogens with one attached hydrogen (secondary N) is 1. The first-order chi connectivity index (χ1) is 11.9. The summed E-state index contributed by atoms with van der Waals surface area (Å²) in [5, 5.41) is 7.87. The summed E-state index contributed by atoms with van der Waals surface area (Å²) >= 11 is 0. The Morgan fingerprint density at radius 2 is 1.88 bits per heavy atom. The van der Waals surface area contributed by atoms with Gasteiger partial charge in [-0.1, -0.05) is 18.6 Å². The zero-order valence-electron chi connectivity index (χ0n) is 14.2. The molecule has 25 heavy (non-hydrogen) atoms. The Bertz CT molecular complexity index is 701. The van der Waals surface area contributed by atoms with Crippen molar-refractivity contribution in [2.45, 2.75) is 43.4 Å². The molecule has 138 valence electrons. The van der Waals surface area contributed by atoms with Crippen LogP contribution < -0.4 is 10.5 Å². The zero-order valence-corrected chi connectivity index (χ0v) is 15.1. The Balaban J connectivity index is 1.70. The Morgan fingerprint density at radius 3 is 2.56 bits per heavy atom. The van der Waals surface area contributed by atoms with Crippen LogP contribution in [0, 0.1) is 0 Å². The van der Waals surface area contributed by atoms with E-state index in [1.165, 1.54) is 12.1 Å². The monoisotopic (exact) mass is 367 g/mol. The molecule has 0 saturated carbocycles. The van der Waals surface area contributed by atoms with Crippen LogP contribution in [-0.4, -0.2) is 44.8 Å². The molecule has 0 atom stereocenters. The Labute approximate surface area is 148 Å². The molecule has 8 heteroatoms. The van der Waals surface area contributed by atoms with E-state index < -0.39 is 10.0 Å². The fourth-order valence-electron chi connectivity index (χ4n) is 2.79. The van der Waals surface area contributed by atoms with Gasteiger partial charge in [0.25, 0.3) is 0 Å². The van der Waals surface area contributed by atoms with Crippen molar-refractivity contribution >= 4 is 21.8 Å². The number of hydrogen-bond acceptors (Lipinski definition) is 4. The highest BCUT2D eigenvalue weighted by Crippen LogP contribution is 2.11. The van der Waals surface area contributed by atoms with Crippen molar-refractivity contribution in [3.63, 3.8) is 0 Å². The standard InChI is InChI=1S/C17H25N3O4S/c18-25(23,24)15-7-5-14(6-8-15)9-11-19-16(21)10-13-20-12-3-1-2-4-17(20)22/h5-8H,1-4,9-13H2,(H,19,21)(H2,18,23,24). The molecular weight excluding hydrogens is 342 g/mol. The van der Waals surface area contributed by atoms with Gasteiger partial charge in [0.05, 0.1) is 4.90 Å². The van der Waals surface area contributed by atoms with Gasteiger partial charge in [-0.25, -0.2) is 13.6 Å². The normalized spacial score (nSPS) is 15.7. The molecule has 0 spiro atoms. The molecule has 1 aliphatic rings. The second-order valence-electron chi connectivity index (χ2n) is 6.23. The predicted octanol–water partition coefficient (Wildman–Crippen LogP) is 0.785. The van der Waals surface area contributed by atoms with Gasteiger partial charge in [-0.15, -0.1) is 0 Å². The molecule has 2 rings (SSSR count). The number of primary sulfonamides is 1. The smallest absolute Gasteiger partial charge is 0.238 e. The first kappa shape index (κ1) is 19.4. The Hall–Kier alpha value is -1.93. The summed E-state index contributed by atoms with van der Waals surface area (Å²) in [7, 11) is -3.68. The minimum atomic E-state index is -3.68. The van der Waals surface area contributed by atoms with Crippen LogP contribution in [0.15, 0.2) is 29.2 Å². The molecule has 0 aromatic heterocycles. The zero-order chi connectivity index (χ0) is 18.3. The average Bonchev–Trinajstić information content (AvgIpc) is 2.77. The molecule has 1 aromatic carbocycles. The van der Waals surface area contributed by atoms with Crippen LogP contribution in [0.3, 0.4) is 0 Å². The second-order valence-corrected chi connectivity index (χ2v) is 7.79. The number of benzene rings is 1. The first-order valence-corrected chi connectivity index (χ1v) is 10.1. The van der Waals surface area contributed by atoms with Crippen LogP contribution in [0.25, 0.3) is 0 Å². The van der Waals surface area contributed by atoms with Crippen LogP contribution in [0.1, 0.15) is 37.7 Å². The van der Waals surface area contributed by atoms with E-state index in [0.717, 1.165) is 31.4 Å². The quantitative estimate of drug-likeness (QED) is 0.742. The van der Waals surface area contributed by atoms with Gasteiger partial charge < -0.3 is 10.2 Å². The van der Waals surface area contributed by atoms with E-state index in [0.29, 0.717) is 32.4 Å². The maximum atomic E-state index is 11.9. The van der Waals surface area contributed by atoms with Gasteiger partial charge in [0.1, 0.15) is 0 Å². The third-order valence-corrected chi connectivity index (χ3v) is 5.20. The lowest BCUT2D eigenvalue weighted by atomic mass is 10.1. The van der Waals surface area contributed by atoms with Crippen LogP contribution in [-0.2, 0) is 26.0 Å². The molecule has 1 aliphatic heterocycles. The number of carbonyl (C=O) groups is 2. The lowest BCUT2D eigenvalue weighted by Crippen LogP contribution is -2.35. The molecule has 0 bridgehead atoms. The third-order valence-electron chi connectivity index (χ3n) is 4.27. The summed E-state index contributed by atoms with van der Waals surface area (Å²) in [6.45, 7) is 1.66. The lowest BCUT2D eigenvalue weighted by Gasteiger charge is -2.20. The van der Waals surface area contributed by atoms with E-state index in [9.17, 15) is 18.0 Å². The maximum Gasteiger partial charge on any atom is 0.238 e. The number of carbonyl (C=O) groups excluding carboxylic acids is 2. The lowest BCUT2D eigenvalue weighted by molar-refractivity contribution is -0.131. The van der Waals surface area contributed by atoms with Gasteiger partial charge in [-0.3, -0.25) is 9.59 Å². The molecule has 0 radical (unpaired) electrons. The van der Waals surface area contributed by atoms with Gasteiger partial charge in [-0.05, 0) is 37.0 Å². The topological polar surface area (TPSA) is 110 Å². The molecule has 0 unspecified atom stereocenters. The minimum absolute atomic E-state index is 0.0717. The molecule has 2 amide bonds. The van der Waals surface area contributed by atoms with Crippen molar-refractivity contribution in [2.75, 3.05) is 19.6 Å². The van der Waals surface area contributed by atoms with Crippen LogP contribution in [0.2, 0.25) is 0 Å². The van der Waals surface area contributed by atoms with Gasteiger partial charge in [0.15, 0.2) is 0 Å². The molecule has 1 aromatic rings. The predicted molar refractivity (Wildman–Crippen MR) is 94.2 cm³/mol. The molecule has 0 aliphatic carbocycles. The number of amides is 2. The van der Waals surface area contributed by atoms with Crippen molar-refractivity contribution < 1.29 is 18.0 Å². The molecule has 1 fully saturated rings. The third kappa shape index (κ3) is 6.47. The van der Waals surface area contributed by atoms with E-state index in [4.69, 9.17) is 5.14 Å².